The summed E-state index contributed by atoms with van der Waals surface area (Å²) in [5, 5.41) is 13.9. The van der Waals surface area contributed by atoms with Crippen molar-refractivity contribution in [1.82, 2.24) is 15.3 Å². The number of carboxylic acids is 1. The van der Waals surface area contributed by atoms with Crippen LogP contribution in [0.2, 0.25) is 0 Å². The molecule has 2 aliphatic rings. The molecule has 0 bridgehead atoms. The van der Waals surface area contributed by atoms with Crippen molar-refractivity contribution in [3.05, 3.63) is 72.8 Å². The molecule has 0 aliphatic carbocycles. The lowest BCUT2D eigenvalue weighted by Crippen LogP contribution is -2.16. The maximum atomic E-state index is 12.4. The summed E-state index contributed by atoms with van der Waals surface area (Å²) in [6.45, 7) is 11.5. The van der Waals surface area contributed by atoms with E-state index in [0.717, 1.165) is 55.8 Å². The summed E-state index contributed by atoms with van der Waals surface area (Å²) in [5.41, 5.74) is 8.80. The van der Waals surface area contributed by atoms with Gasteiger partial charge in [-0.2, -0.15) is 0 Å². The van der Waals surface area contributed by atoms with Gasteiger partial charge in [-0.25, -0.2) is 4.99 Å². The number of hydrogen-bond donors (Lipinski definition) is 4. The minimum atomic E-state index is -0.907. The van der Waals surface area contributed by atoms with Gasteiger partial charge < -0.3 is 25.1 Å². The first kappa shape index (κ1) is 32.2. The molecule has 4 rings (SSSR count). The van der Waals surface area contributed by atoms with Crippen LogP contribution in [0, 0.1) is 19.8 Å². The van der Waals surface area contributed by atoms with Crippen LogP contribution in [0.25, 0.3) is 18.2 Å². The molecule has 2 aromatic heterocycles. The summed E-state index contributed by atoms with van der Waals surface area (Å²) < 4.78 is 4.89. The van der Waals surface area contributed by atoms with Gasteiger partial charge in [-0.3, -0.25) is 19.2 Å². The van der Waals surface area contributed by atoms with Gasteiger partial charge in [-0.1, -0.05) is 13.0 Å². The molecule has 2 aromatic rings. The number of esters is 1. The molecule has 0 radical (unpaired) electrons. The largest absolute Gasteiger partial charge is 0.481 e. The quantitative estimate of drug-likeness (QED) is 0.307. The van der Waals surface area contributed by atoms with Crippen LogP contribution in [-0.4, -0.2) is 51.6 Å². The number of H-pyrrole nitrogens is 2. The molecule has 1 unspecified atom stereocenters. The summed E-state index contributed by atoms with van der Waals surface area (Å²) in [5.74, 6) is -1.79. The highest BCUT2D eigenvalue weighted by molar-refractivity contribution is 6.30. The standard InChI is InChI=1S/C34H40N4O6/c1-8-21-20(6)33(42)38-28(21)15-26-19(5)24(11-13-32(41)44-7)30(36-26)16-29-23(10-12-31(39)40)18(4)25(35-29)14-27-17(3)22(9-2)34(43)37-27/h8,14-16,20,35-36H,9-13H2,1-7H3,(H,38,42)(H,39,40)/b21-8-,25-14+,28-15-,29-16+. The lowest BCUT2D eigenvalue weighted by molar-refractivity contribution is -0.140. The third kappa shape index (κ3) is 6.44. The third-order valence-corrected chi connectivity index (χ3v) is 8.57. The molecule has 2 aliphatic heterocycles. The van der Waals surface area contributed by atoms with Crippen LogP contribution in [0.5, 0.6) is 0 Å². The fourth-order valence-electron chi connectivity index (χ4n) is 5.87. The van der Waals surface area contributed by atoms with Crippen LogP contribution in [0.4, 0.5) is 0 Å². The Hall–Kier alpha value is -4.73. The van der Waals surface area contributed by atoms with E-state index in [9.17, 15) is 24.3 Å². The number of aromatic nitrogens is 2. The number of ether oxygens (including phenoxy) is 1. The zero-order chi connectivity index (χ0) is 32.3. The molecule has 10 heteroatoms. The van der Waals surface area contributed by atoms with Crippen LogP contribution < -0.4 is 16.0 Å². The highest BCUT2D eigenvalue weighted by Gasteiger charge is 2.29. The Kier molecular flexibility index (Phi) is 9.71. The van der Waals surface area contributed by atoms with Crippen LogP contribution >= 0.6 is 0 Å². The van der Waals surface area contributed by atoms with E-state index in [-0.39, 0.29) is 36.5 Å². The van der Waals surface area contributed by atoms with E-state index in [4.69, 9.17) is 4.74 Å². The lowest BCUT2D eigenvalue weighted by atomic mass is 10.00. The molecule has 4 N–H and O–H groups in total. The highest BCUT2D eigenvalue weighted by atomic mass is 16.5. The van der Waals surface area contributed by atoms with Crippen molar-refractivity contribution in [2.24, 2.45) is 10.9 Å². The van der Waals surface area contributed by atoms with Crippen molar-refractivity contribution >= 4 is 47.7 Å². The van der Waals surface area contributed by atoms with E-state index < -0.39 is 5.97 Å². The molecule has 1 fully saturated rings. The summed E-state index contributed by atoms with van der Waals surface area (Å²) in [7, 11) is 1.36. The van der Waals surface area contributed by atoms with Gasteiger partial charge >= 0.3 is 11.9 Å². The van der Waals surface area contributed by atoms with Crippen molar-refractivity contribution < 1.29 is 29.0 Å². The number of nitrogens with one attached hydrogen (secondary N) is 3. The summed E-state index contributed by atoms with van der Waals surface area (Å²) >= 11 is 0. The van der Waals surface area contributed by atoms with Crippen LogP contribution in [0.15, 0.2) is 33.5 Å². The van der Waals surface area contributed by atoms with Gasteiger partial charge in [-0.15, -0.1) is 0 Å². The first-order chi connectivity index (χ1) is 20.9. The smallest absolute Gasteiger partial charge is 0.305 e. The first-order valence-corrected chi connectivity index (χ1v) is 14.8. The van der Waals surface area contributed by atoms with Crippen molar-refractivity contribution in [1.29, 1.82) is 0 Å². The predicted molar refractivity (Wildman–Crippen MR) is 169 cm³/mol. The van der Waals surface area contributed by atoms with Crippen molar-refractivity contribution in [3.8, 4) is 0 Å². The van der Waals surface area contributed by atoms with Crippen LogP contribution in [0.1, 0.15) is 80.6 Å². The molecule has 0 aromatic carbocycles. The van der Waals surface area contributed by atoms with E-state index in [1.54, 1.807) is 0 Å². The topological polar surface area (TPSA) is 154 Å². The molecule has 0 spiro atoms. The number of aliphatic imine (C=N–C) groups is 1. The van der Waals surface area contributed by atoms with Gasteiger partial charge in [0.05, 0.1) is 18.7 Å². The molecule has 0 saturated carbocycles. The average Bonchev–Trinajstić information content (AvgIpc) is 3.63. The second-order valence-corrected chi connectivity index (χ2v) is 11.1. The number of hydrogen-bond acceptors (Lipinski definition) is 5. The Bertz CT molecular complexity index is 1790. The number of nitrogens with zero attached hydrogens (tertiary/aromatic N) is 1. The number of allylic oxidation sites excluding steroid dienone is 3. The minimum Gasteiger partial charge on any atom is -0.481 e. The van der Waals surface area contributed by atoms with Crippen molar-refractivity contribution in [3.63, 3.8) is 0 Å². The molecular weight excluding hydrogens is 560 g/mol. The van der Waals surface area contributed by atoms with Gasteiger partial charge in [-0.05, 0) is 106 Å². The number of amides is 2. The maximum absolute atomic E-state index is 12.4. The number of carbonyl (C=O) groups excluding carboxylic acids is 3. The SMILES string of the molecule is C/C=C1\C(=C\c2[nH]c(/C=c3/[nH]/c(=C/C4=NC(=O)C(CC)=C4C)c(C)c3CCC(=O)O)c(CCC(=O)OC)c2C)NC(=O)C1C. The number of aliphatic carboxylic acids is 1. The zero-order valence-electron chi connectivity index (χ0n) is 26.4. The normalized spacial score (nSPS) is 19.5. The molecule has 44 heavy (non-hydrogen) atoms. The first-order valence-electron chi connectivity index (χ1n) is 14.8. The molecule has 10 nitrogen and oxygen atoms in total. The summed E-state index contributed by atoms with van der Waals surface area (Å²) in [6.07, 6.45) is 9.01. The Balaban J connectivity index is 1.91. The zero-order valence-corrected chi connectivity index (χ0v) is 26.4. The average molecular weight is 601 g/mol. The van der Waals surface area contributed by atoms with Crippen LogP contribution in [-0.2, 0) is 36.8 Å². The number of carbonyl (C=O) groups is 4. The monoisotopic (exact) mass is 600 g/mol. The molecular formula is C34H40N4O6. The summed E-state index contributed by atoms with van der Waals surface area (Å²) in [6, 6.07) is 0. The Morgan fingerprint density at radius 1 is 0.955 bits per heavy atom. The number of aromatic amines is 2. The van der Waals surface area contributed by atoms with E-state index in [1.165, 1.54) is 7.11 Å². The Morgan fingerprint density at radius 3 is 2.27 bits per heavy atom. The molecule has 1 atom stereocenters. The highest BCUT2D eigenvalue weighted by Crippen LogP contribution is 2.29. The fourth-order valence-corrected chi connectivity index (χ4v) is 5.87. The fraction of sp³-hybridized carbons (Fsp3) is 0.382. The van der Waals surface area contributed by atoms with E-state index >= 15 is 0 Å². The number of methoxy groups -OCH3 is 1. The van der Waals surface area contributed by atoms with Crippen molar-refractivity contribution in [2.45, 2.75) is 73.6 Å². The number of rotatable bonds is 10. The van der Waals surface area contributed by atoms with Gasteiger partial charge in [0, 0.05) is 46.2 Å². The van der Waals surface area contributed by atoms with E-state index in [2.05, 4.69) is 20.3 Å². The van der Waals surface area contributed by atoms with E-state index in [0.29, 0.717) is 35.9 Å². The van der Waals surface area contributed by atoms with Gasteiger partial charge in [0.15, 0.2) is 0 Å². The second kappa shape index (κ2) is 13.3. The Morgan fingerprint density at radius 2 is 1.66 bits per heavy atom. The second-order valence-electron chi connectivity index (χ2n) is 11.1. The third-order valence-electron chi connectivity index (χ3n) is 8.57. The molecule has 232 valence electrons. The van der Waals surface area contributed by atoms with Crippen LogP contribution in [0.3, 0.4) is 0 Å². The van der Waals surface area contributed by atoms with Gasteiger partial charge in [0.25, 0.3) is 5.91 Å². The lowest BCUT2D eigenvalue weighted by Gasteiger charge is -2.04. The summed E-state index contributed by atoms with van der Waals surface area (Å²) in [4.78, 5) is 59.6. The van der Waals surface area contributed by atoms with Gasteiger partial charge in [0.2, 0.25) is 5.91 Å². The maximum Gasteiger partial charge on any atom is 0.305 e. The molecule has 1 saturated heterocycles. The van der Waals surface area contributed by atoms with Crippen molar-refractivity contribution in [2.75, 3.05) is 7.11 Å². The minimum absolute atomic E-state index is 0.0579. The van der Waals surface area contributed by atoms with Gasteiger partial charge in [0.1, 0.15) is 0 Å². The number of carboxylic acid groups (broad SMARTS) is 1. The predicted octanol–water partition coefficient (Wildman–Crippen LogP) is 3.45. The molecule has 2 amide bonds. The Labute approximate surface area is 256 Å². The molecule has 4 heterocycles. The van der Waals surface area contributed by atoms with E-state index in [1.807, 2.05) is 65.8 Å².